The molecule has 2 aromatic rings. The zero-order valence-corrected chi connectivity index (χ0v) is 11.1. The van der Waals surface area contributed by atoms with Crippen molar-refractivity contribution in [1.82, 2.24) is 14.8 Å². The molecule has 1 heterocycles. The Labute approximate surface area is 110 Å². The maximum absolute atomic E-state index is 11.5. The Kier molecular flexibility index (Phi) is 3.40. The molecule has 0 fully saturated rings. The Bertz CT molecular complexity index is 694. The van der Waals surface area contributed by atoms with Crippen LogP contribution in [-0.2, 0) is 23.6 Å². The van der Waals surface area contributed by atoms with Crippen LogP contribution in [0.5, 0.6) is 0 Å². The minimum Gasteiger partial charge on any atom is -0.399 e. The van der Waals surface area contributed by atoms with E-state index < -0.39 is 10.0 Å². The molecule has 9 heteroatoms. The van der Waals surface area contributed by atoms with Crippen molar-refractivity contribution in [2.45, 2.75) is 11.4 Å². The Morgan fingerprint density at radius 2 is 2.16 bits per heavy atom. The molecular formula is C10H14N6O2S. The van der Waals surface area contributed by atoms with Gasteiger partial charge < -0.3 is 15.6 Å². The van der Waals surface area contributed by atoms with Crippen molar-refractivity contribution in [2.24, 2.45) is 12.2 Å². The van der Waals surface area contributed by atoms with Crippen LogP contribution >= 0.6 is 0 Å². The monoisotopic (exact) mass is 282 g/mol. The van der Waals surface area contributed by atoms with E-state index in [4.69, 9.17) is 10.9 Å². The van der Waals surface area contributed by atoms with E-state index in [0.29, 0.717) is 23.7 Å². The molecule has 0 bridgehead atoms. The average Bonchev–Trinajstić information content (AvgIpc) is 2.72. The van der Waals surface area contributed by atoms with Crippen LogP contribution in [-0.4, -0.2) is 23.2 Å². The molecule has 2 rings (SSSR count). The Balaban J connectivity index is 2.28. The molecule has 0 aliphatic rings. The molecule has 0 aliphatic carbocycles. The van der Waals surface area contributed by atoms with Gasteiger partial charge in [0.2, 0.25) is 10.0 Å². The molecule has 5 N–H and O–H groups in total. The number of anilines is 2. The van der Waals surface area contributed by atoms with Crippen LogP contribution in [0.1, 0.15) is 5.82 Å². The standard InChI is InChI=1S/C10H14N6O2S/c1-16-6-14-15-10(16)5-13-8-3-2-7(11)4-9(8)19(12,17)18/h2-4,6,13H,5,11H2,1H3,(H2,12,17,18). The fraction of sp³-hybridized carbons (Fsp3) is 0.200. The second-order valence-corrected chi connectivity index (χ2v) is 5.54. The quantitative estimate of drug-likeness (QED) is 0.658. The summed E-state index contributed by atoms with van der Waals surface area (Å²) in [5.41, 5.74) is 6.27. The third-order valence-corrected chi connectivity index (χ3v) is 3.51. The number of benzene rings is 1. The molecule has 0 spiro atoms. The van der Waals surface area contributed by atoms with Gasteiger partial charge >= 0.3 is 0 Å². The van der Waals surface area contributed by atoms with Crippen molar-refractivity contribution in [3.05, 3.63) is 30.4 Å². The summed E-state index contributed by atoms with van der Waals surface area (Å²) >= 11 is 0. The Hall–Kier alpha value is -2.13. The van der Waals surface area contributed by atoms with Crippen molar-refractivity contribution in [3.63, 3.8) is 0 Å². The van der Waals surface area contributed by atoms with Crippen molar-refractivity contribution < 1.29 is 8.42 Å². The van der Waals surface area contributed by atoms with Gasteiger partial charge in [-0.15, -0.1) is 10.2 Å². The number of hydrogen-bond donors (Lipinski definition) is 3. The average molecular weight is 282 g/mol. The molecule has 1 aromatic carbocycles. The Morgan fingerprint density at radius 1 is 1.42 bits per heavy atom. The van der Waals surface area contributed by atoms with Gasteiger partial charge in [0.05, 0.1) is 12.2 Å². The van der Waals surface area contributed by atoms with E-state index in [1.54, 1.807) is 30.1 Å². The highest BCUT2D eigenvalue weighted by Crippen LogP contribution is 2.23. The number of nitrogens with one attached hydrogen (secondary N) is 1. The lowest BCUT2D eigenvalue weighted by Gasteiger charge is -2.11. The molecule has 102 valence electrons. The summed E-state index contributed by atoms with van der Waals surface area (Å²) in [6, 6.07) is 4.47. The summed E-state index contributed by atoms with van der Waals surface area (Å²) in [5.74, 6) is 0.664. The molecule has 8 nitrogen and oxygen atoms in total. The number of aryl methyl sites for hydroxylation is 1. The molecule has 0 aliphatic heterocycles. The van der Waals surface area contributed by atoms with Gasteiger partial charge in [-0.1, -0.05) is 0 Å². The van der Waals surface area contributed by atoms with Crippen molar-refractivity contribution in [3.8, 4) is 0 Å². The van der Waals surface area contributed by atoms with Crippen LogP contribution in [0.2, 0.25) is 0 Å². The SMILES string of the molecule is Cn1cnnc1CNc1ccc(N)cc1S(N)(=O)=O. The first-order valence-electron chi connectivity index (χ1n) is 5.37. The molecule has 0 radical (unpaired) electrons. The summed E-state index contributed by atoms with van der Waals surface area (Å²) in [6.07, 6.45) is 1.56. The lowest BCUT2D eigenvalue weighted by atomic mass is 10.3. The van der Waals surface area contributed by atoms with Crippen LogP contribution in [0.15, 0.2) is 29.4 Å². The summed E-state index contributed by atoms with van der Waals surface area (Å²) in [7, 11) is -2.05. The second-order valence-electron chi connectivity index (χ2n) is 4.01. The second kappa shape index (κ2) is 4.86. The van der Waals surface area contributed by atoms with Gasteiger partial charge in [-0.2, -0.15) is 0 Å². The predicted octanol–water partition coefficient (Wildman–Crippen LogP) is -0.343. The number of sulfonamides is 1. The normalized spacial score (nSPS) is 11.5. The van der Waals surface area contributed by atoms with E-state index in [9.17, 15) is 8.42 Å². The maximum atomic E-state index is 11.5. The van der Waals surface area contributed by atoms with Gasteiger partial charge in [0.1, 0.15) is 11.2 Å². The lowest BCUT2D eigenvalue weighted by molar-refractivity contribution is 0.598. The number of nitrogens with two attached hydrogens (primary N) is 2. The molecule has 0 unspecified atom stereocenters. The van der Waals surface area contributed by atoms with Crippen LogP contribution in [0, 0.1) is 0 Å². The first-order valence-corrected chi connectivity index (χ1v) is 6.91. The summed E-state index contributed by atoms with van der Waals surface area (Å²) < 4.78 is 24.7. The lowest BCUT2D eigenvalue weighted by Crippen LogP contribution is -2.16. The molecule has 1 aromatic heterocycles. The number of hydrogen-bond acceptors (Lipinski definition) is 6. The zero-order chi connectivity index (χ0) is 14.0. The number of rotatable bonds is 4. The van der Waals surface area contributed by atoms with Gasteiger partial charge in [-0.3, -0.25) is 0 Å². The highest BCUT2D eigenvalue weighted by Gasteiger charge is 2.14. The fourth-order valence-electron chi connectivity index (χ4n) is 1.56. The third-order valence-electron chi connectivity index (χ3n) is 2.55. The fourth-order valence-corrected chi connectivity index (χ4v) is 2.31. The summed E-state index contributed by atoms with van der Waals surface area (Å²) in [6.45, 7) is 0.322. The van der Waals surface area contributed by atoms with E-state index in [2.05, 4.69) is 15.5 Å². The van der Waals surface area contributed by atoms with Gasteiger partial charge in [0.15, 0.2) is 5.82 Å². The molecule has 0 saturated carbocycles. The largest absolute Gasteiger partial charge is 0.399 e. The van der Waals surface area contributed by atoms with Gasteiger partial charge in [-0.05, 0) is 18.2 Å². The number of primary sulfonamides is 1. The molecular weight excluding hydrogens is 268 g/mol. The van der Waals surface area contributed by atoms with Crippen molar-refractivity contribution in [1.29, 1.82) is 0 Å². The minimum absolute atomic E-state index is 0.0466. The van der Waals surface area contributed by atoms with Crippen LogP contribution in [0.4, 0.5) is 11.4 Å². The molecule has 0 atom stereocenters. The van der Waals surface area contributed by atoms with Gasteiger partial charge in [0, 0.05) is 12.7 Å². The zero-order valence-electron chi connectivity index (χ0n) is 10.2. The topological polar surface area (TPSA) is 129 Å². The maximum Gasteiger partial charge on any atom is 0.240 e. The highest BCUT2D eigenvalue weighted by atomic mass is 32.2. The summed E-state index contributed by atoms with van der Waals surface area (Å²) in [4.78, 5) is -0.0466. The predicted molar refractivity (Wildman–Crippen MR) is 70.6 cm³/mol. The van der Waals surface area contributed by atoms with Gasteiger partial charge in [-0.25, -0.2) is 13.6 Å². The first-order chi connectivity index (χ1) is 8.88. The van der Waals surface area contributed by atoms with E-state index >= 15 is 0 Å². The van der Waals surface area contributed by atoms with E-state index in [1.165, 1.54) is 6.07 Å². The molecule has 0 saturated heterocycles. The van der Waals surface area contributed by atoms with Gasteiger partial charge in [0.25, 0.3) is 0 Å². The minimum atomic E-state index is -3.84. The highest BCUT2D eigenvalue weighted by molar-refractivity contribution is 7.89. The van der Waals surface area contributed by atoms with Crippen molar-refractivity contribution >= 4 is 21.4 Å². The number of aromatic nitrogens is 3. The smallest absolute Gasteiger partial charge is 0.240 e. The molecule has 0 amide bonds. The third kappa shape index (κ3) is 3.01. The van der Waals surface area contributed by atoms with Crippen molar-refractivity contribution in [2.75, 3.05) is 11.1 Å². The van der Waals surface area contributed by atoms with E-state index in [0.717, 1.165) is 0 Å². The van der Waals surface area contributed by atoms with Crippen LogP contribution in [0.25, 0.3) is 0 Å². The van der Waals surface area contributed by atoms with Crippen LogP contribution in [0.3, 0.4) is 0 Å². The first kappa shape index (κ1) is 13.3. The van der Waals surface area contributed by atoms with E-state index in [1.807, 2.05) is 0 Å². The molecule has 19 heavy (non-hydrogen) atoms. The van der Waals surface area contributed by atoms with Crippen LogP contribution < -0.4 is 16.2 Å². The Morgan fingerprint density at radius 3 is 2.74 bits per heavy atom. The number of nitrogen functional groups attached to an aromatic ring is 1. The number of nitrogens with zero attached hydrogens (tertiary/aromatic N) is 3. The summed E-state index contributed by atoms with van der Waals surface area (Å²) in [5, 5.41) is 15.7. The van der Waals surface area contributed by atoms with E-state index in [-0.39, 0.29) is 4.90 Å².